The van der Waals surface area contributed by atoms with Crippen LogP contribution in [-0.4, -0.2) is 40.1 Å². The molecule has 1 aromatic heterocycles. The quantitative estimate of drug-likeness (QED) is 0.842. The average molecular weight is 327 g/mol. The van der Waals surface area contributed by atoms with Crippen molar-refractivity contribution >= 4 is 5.91 Å². The largest absolute Gasteiger partial charge is 0.494 e. The minimum absolute atomic E-state index is 0.0229. The molecule has 1 aromatic carbocycles. The van der Waals surface area contributed by atoms with Crippen molar-refractivity contribution in [3.63, 3.8) is 0 Å². The predicted octanol–water partition coefficient (Wildman–Crippen LogP) is 1.93. The molecule has 0 radical (unpaired) electrons. The first-order chi connectivity index (χ1) is 11.7. The number of aromatic nitrogens is 2. The fraction of sp³-hybridized carbons (Fsp3) is 0.389. The number of hydrogen-bond acceptors (Lipinski definition) is 4. The maximum atomic E-state index is 12.3. The Labute approximate surface area is 140 Å². The Morgan fingerprint density at radius 2 is 1.92 bits per heavy atom. The highest BCUT2D eigenvalue weighted by molar-refractivity contribution is 5.76. The number of rotatable bonds is 5. The summed E-state index contributed by atoms with van der Waals surface area (Å²) in [4.78, 5) is 30.5. The molecule has 126 valence electrons. The fourth-order valence-electron chi connectivity index (χ4n) is 2.80. The van der Waals surface area contributed by atoms with E-state index in [4.69, 9.17) is 4.74 Å². The Morgan fingerprint density at radius 1 is 1.21 bits per heavy atom. The number of ether oxygens (including phenoxy) is 1. The zero-order chi connectivity index (χ0) is 16.9. The van der Waals surface area contributed by atoms with Crippen molar-refractivity contribution in [1.29, 1.82) is 0 Å². The molecule has 0 atom stereocenters. The number of carbonyl (C=O) groups excluding carboxylic acids is 1. The summed E-state index contributed by atoms with van der Waals surface area (Å²) in [5.41, 5.74) is 1.21. The minimum atomic E-state index is -0.221. The highest BCUT2D eigenvalue weighted by Crippen LogP contribution is 2.19. The summed E-state index contributed by atoms with van der Waals surface area (Å²) in [6, 6.07) is 8.90. The first kappa shape index (κ1) is 16.2. The van der Waals surface area contributed by atoms with Crippen molar-refractivity contribution in [3.05, 3.63) is 47.0 Å². The molecule has 2 aromatic rings. The Balaban J connectivity index is 1.74. The zero-order valence-corrected chi connectivity index (χ0v) is 13.8. The molecule has 0 N–H and O–H groups in total. The van der Waals surface area contributed by atoms with Crippen molar-refractivity contribution < 1.29 is 9.53 Å². The van der Waals surface area contributed by atoms with Crippen molar-refractivity contribution in [3.8, 4) is 17.0 Å². The zero-order valence-electron chi connectivity index (χ0n) is 13.8. The third kappa shape index (κ3) is 3.64. The first-order valence-corrected chi connectivity index (χ1v) is 8.25. The maximum Gasteiger partial charge on any atom is 0.254 e. The molecular formula is C18H21N3O3. The van der Waals surface area contributed by atoms with Crippen LogP contribution in [0.2, 0.25) is 0 Å². The van der Waals surface area contributed by atoms with E-state index in [0.29, 0.717) is 12.3 Å². The van der Waals surface area contributed by atoms with Gasteiger partial charge >= 0.3 is 0 Å². The van der Waals surface area contributed by atoms with E-state index in [-0.39, 0.29) is 18.0 Å². The summed E-state index contributed by atoms with van der Waals surface area (Å²) in [5, 5.41) is 0. The van der Waals surface area contributed by atoms with Crippen LogP contribution in [0.4, 0.5) is 0 Å². The smallest absolute Gasteiger partial charge is 0.254 e. The molecule has 1 fully saturated rings. The summed E-state index contributed by atoms with van der Waals surface area (Å²) < 4.78 is 6.76. The second-order valence-corrected chi connectivity index (χ2v) is 5.79. The molecule has 0 saturated carbocycles. The average Bonchev–Trinajstić information content (AvgIpc) is 3.12. The molecule has 0 bridgehead atoms. The van der Waals surface area contributed by atoms with Crippen LogP contribution in [0.15, 0.2) is 41.5 Å². The van der Waals surface area contributed by atoms with Gasteiger partial charge in [-0.25, -0.2) is 4.98 Å². The number of amides is 1. The number of carbonyl (C=O) groups is 1. The van der Waals surface area contributed by atoms with E-state index >= 15 is 0 Å². The lowest BCUT2D eigenvalue weighted by molar-refractivity contribution is -0.130. The van der Waals surface area contributed by atoms with E-state index in [1.165, 1.54) is 17.0 Å². The third-order valence-corrected chi connectivity index (χ3v) is 4.10. The lowest BCUT2D eigenvalue weighted by atomic mass is 10.1. The van der Waals surface area contributed by atoms with Crippen LogP contribution in [0.3, 0.4) is 0 Å². The number of likely N-dealkylation sites (tertiary alicyclic amines) is 1. The molecule has 0 aliphatic carbocycles. The van der Waals surface area contributed by atoms with Gasteiger partial charge in [0, 0.05) is 24.7 Å². The second kappa shape index (κ2) is 7.29. The molecule has 1 saturated heterocycles. The van der Waals surface area contributed by atoms with E-state index in [2.05, 4.69) is 4.98 Å². The molecule has 2 heterocycles. The molecule has 0 spiro atoms. The maximum absolute atomic E-state index is 12.3. The summed E-state index contributed by atoms with van der Waals surface area (Å²) in [5.74, 6) is 0.760. The first-order valence-electron chi connectivity index (χ1n) is 8.25. The Hall–Kier alpha value is -2.63. The number of nitrogens with zero attached hydrogens (tertiary/aromatic N) is 3. The Bertz CT molecular complexity index is 762. The van der Waals surface area contributed by atoms with Crippen molar-refractivity contribution in [2.45, 2.75) is 26.3 Å². The highest BCUT2D eigenvalue weighted by Gasteiger charge is 2.18. The molecule has 1 aliphatic heterocycles. The fourth-order valence-corrected chi connectivity index (χ4v) is 2.80. The monoisotopic (exact) mass is 327 g/mol. The van der Waals surface area contributed by atoms with Gasteiger partial charge in [-0.3, -0.25) is 14.2 Å². The van der Waals surface area contributed by atoms with Gasteiger partial charge in [0.15, 0.2) is 0 Å². The lowest BCUT2D eigenvalue weighted by Crippen LogP contribution is -2.34. The van der Waals surface area contributed by atoms with Gasteiger partial charge in [-0.2, -0.15) is 0 Å². The van der Waals surface area contributed by atoms with Crippen LogP contribution < -0.4 is 10.3 Å². The van der Waals surface area contributed by atoms with Gasteiger partial charge in [-0.1, -0.05) is 0 Å². The number of hydrogen-bond donors (Lipinski definition) is 0. The van der Waals surface area contributed by atoms with Crippen LogP contribution in [-0.2, 0) is 11.3 Å². The Morgan fingerprint density at radius 3 is 2.54 bits per heavy atom. The lowest BCUT2D eigenvalue weighted by Gasteiger charge is -2.15. The van der Waals surface area contributed by atoms with Gasteiger partial charge in [0.1, 0.15) is 12.3 Å². The van der Waals surface area contributed by atoms with Gasteiger partial charge in [-0.15, -0.1) is 0 Å². The molecule has 3 rings (SSSR count). The van der Waals surface area contributed by atoms with E-state index < -0.39 is 0 Å². The SMILES string of the molecule is CCOc1ccc(-c2cc(=O)n(CC(=O)N3CCCC3)cn2)cc1. The molecule has 24 heavy (non-hydrogen) atoms. The molecule has 0 unspecified atom stereocenters. The van der Waals surface area contributed by atoms with Crippen molar-refractivity contribution in [1.82, 2.24) is 14.5 Å². The van der Waals surface area contributed by atoms with Gasteiger partial charge in [-0.05, 0) is 44.0 Å². The molecule has 1 amide bonds. The summed E-state index contributed by atoms with van der Waals surface area (Å²) >= 11 is 0. The van der Waals surface area contributed by atoms with E-state index in [1.54, 1.807) is 4.90 Å². The third-order valence-electron chi connectivity index (χ3n) is 4.10. The Kier molecular flexibility index (Phi) is 4.93. The van der Waals surface area contributed by atoms with Gasteiger partial charge < -0.3 is 9.64 Å². The van der Waals surface area contributed by atoms with Crippen LogP contribution in [0.25, 0.3) is 11.3 Å². The van der Waals surface area contributed by atoms with Crippen LogP contribution in [0.5, 0.6) is 5.75 Å². The molecule has 6 nitrogen and oxygen atoms in total. The van der Waals surface area contributed by atoms with Gasteiger partial charge in [0.25, 0.3) is 5.56 Å². The van der Waals surface area contributed by atoms with Gasteiger partial charge in [0.2, 0.25) is 5.91 Å². The standard InChI is InChI=1S/C18H21N3O3/c1-2-24-15-7-5-14(6-8-15)16-11-17(22)21(13-19-16)12-18(23)20-9-3-4-10-20/h5-8,11,13H,2-4,9-10,12H2,1H3. The highest BCUT2D eigenvalue weighted by atomic mass is 16.5. The number of benzene rings is 1. The second-order valence-electron chi connectivity index (χ2n) is 5.79. The molecule has 6 heteroatoms. The minimum Gasteiger partial charge on any atom is -0.494 e. The van der Waals surface area contributed by atoms with Crippen molar-refractivity contribution in [2.75, 3.05) is 19.7 Å². The van der Waals surface area contributed by atoms with E-state index in [9.17, 15) is 9.59 Å². The normalized spacial score (nSPS) is 14.0. The van der Waals surface area contributed by atoms with Crippen LogP contribution in [0.1, 0.15) is 19.8 Å². The summed E-state index contributed by atoms with van der Waals surface area (Å²) in [7, 11) is 0. The van der Waals surface area contributed by atoms with E-state index in [1.807, 2.05) is 31.2 Å². The van der Waals surface area contributed by atoms with Crippen LogP contribution >= 0.6 is 0 Å². The van der Waals surface area contributed by atoms with Crippen molar-refractivity contribution in [2.24, 2.45) is 0 Å². The molecular weight excluding hydrogens is 306 g/mol. The van der Waals surface area contributed by atoms with Gasteiger partial charge in [0.05, 0.1) is 18.6 Å². The van der Waals surface area contributed by atoms with Crippen LogP contribution in [0, 0.1) is 0 Å². The summed E-state index contributed by atoms with van der Waals surface area (Å²) in [6.07, 6.45) is 3.52. The topological polar surface area (TPSA) is 64.4 Å². The summed E-state index contributed by atoms with van der Waals surface area (Å²) in [6.45, 7) is 4.16. The van der Waals surface area contributed by atoms with E-state index in [0.717, 1.165) is 37.2 Å². The molecule has 1 aliphatic rings. The predicted molar refractivity (Wildman–Crippen MR) is 90.9 cm³/mol.